The summed E-state index contributed by atoms with van der Waals surface area (Å²) in [4.78, 5) is 28.1. The van der Waals surface area contributed by atoms with E-state index in [2.05, 4.69) is 10.6 Å². The molecule has 3 amide bonds. The maximum absolute atomic E-state index is 13.5. The molecule has 9 heteroatoms. The van der Waals surface area contributed by atoms with Crippen LogP contribution in [-0.2, 0) is 6.42 Å². The SMILES string of the molecule is CCOc1ccc(NC(=O)N2CCc3cc(OC)c(OC)cc3[C@H]2CNC(=O)c2ccc(OC)cc2)cc1. The van der Waals surface area contributed by atoms with Crippen LogP contribution in [0, 0.1) is 0 Å². The summed E-state index contributed by atoms with van der Waals surface area (Å²) >= 11 is 0. The average molecular weight is 520 g/mol. The Hall–Kier alpha value is -4.40. The van der Waals surface area contributed by atoms with Crippen LogP contribution in [0.15, 0.2) is 60.7 Å². The third kappa shape index (κ3) is 5.94. The quantitative estimate of drug-likeness (QED) is 0.426. The number of hydrogen-bond acceptors (Lipinski definition) is 6. The number of benzene rings is 3. The van der Waals surface area contributed by atoms with Crippen LogP contribution in [0.4, 0.5) is 10.5 Å². The van der Waals surface area contributed by atoms with Gasteiger partial charge in [-0.25, -0.2) is 4.79 Å². The first-order chi connectivity index (χ1) is 18.5. The van der Waals surface area contributed by atoms with Gasteiger partial charge in [-0.3, -0.25) is 4.79 Å². The summed E-state index contributed by atoms with van der Waals surface area (Å²) < 4.78 is 21.7. The highest BCUT2D eigenvalue weighted by Crippen LogP contribution is 2.38. The summed E-state index contributed by atoms with van der Waals surface area (Å²) in [6, 6.07) is 17.2. The van der Waals surface area contributed by atoms with Gasteiger partial charge in [0.15, 0.2) is 11.5 Å². The minimum Gasteiger partial charge on any atom is -0.497 e. The predicted molar refractivity (Wildman–Crippen MR) is 145 cm³/mol. The van der Waals surface area contributed by atoms with E-state index in [1.54, 1.807) is 62.6 Å². The van der Waals surface area contributed by atoms with Crippen LogP contribution < -0.4 is 29.6 Å². The maximum Gasteiger partial charge on any atom is 0.322 e. The number of urea groups is 1. The fourth-order valence-corrected chi connectivity index (χ4v) is 4.52. The molecule has 38 heavy (non-hydrogen) atoms. The molecular formula is C29H33N3O6. The number of rotatable bonds is 9. The normalized spacial score (nSPS) is 14.2. The van der Waals surface area contributed by atoms with Crippen LogP contribution in [0.5, 0.6) is 23.0 Å². The Labute approximate surface area is 222 Å². The van der Waals surface area contributed by atoms with Crippen molar-refractivity contribution in [1.82, 2.24) is 10.2 Å². The molecule has 0 saturated heterocycles. The fourth-order valence-electron chi connectivity index (χ4n) is 4.52. The van der Waals surface area contributed by atoms with E-state index in [1.807, 2.05) is 31.2 Å². The van der Waals surface area contributed by atoms with Crippen molar-refractivity contribution in [3.8, 4) is 23.0 Å². The van der Waals surface area contributed by atoms with E-state index < -0.39 is 6.04 Å². The first kappa shape index (κ1) is 26.7. The maximum atomic E-state index is 13.5. The summed E-state index contributed by atoms with van der Waals surface area (Å²) in [6.07, 6.45) is 0.634. The van der Waals surface area contributed by atoms with Gasteiger partial charge in [-0.2, -0.15) is 0 Å². The zero-order valence-corrected chi connectivity index (χ0v) is 22.1. The third-order valence-corrected chi connectivity index (χ3v) is 6.49. The van der Waals surface area contributed by atoms with E-state index >= 15 is 0 Å². The number of nitrogens with one attached hydrogen (secondary N) is 2. The minimum absolute atomic E-state index is 0.212. The minimum atomic E-state index is -0.427. The van der Waals surface area contributed by atoms with Crippen molar-refractivity contribution in [2.45, 2.75) is 19.4 Å². The topological polar surface area (TPSA) is 98.4 Å². The van der Waals surface area contributed by atoms with Crippen LogP contribution in [0.25, 0.3) is 0 Å². The van der Waals surface area contributed by atoms with Crippen molar-refractivity contribution in [2.24, 2.45) is 0 Å². The summed E-state index contributed by atoms with van der Waals surface area (Å²) in [5.41, 5.74) is 3.08. The van der Waals surface area contributed by atoms with Crippen LogP contribution in [0.3, 0.4) is 0 Å². The van der Waals surface area contributed by atoms with Gasteiger partial charge in [-0.05, 0) is 85.1 Å². The van der Waals surface area contributed by atoms with E-state index in [-0.39, 0.29) is 18.5 Å². The first-order valence-corrected chi connectivity index (χ1v) is 12.4. The van der Waals surface area contributed by atoms with Crippen LogP contribution in [-0.4, -0.2) is 57.9 Å². The molecule has 9 nitrogen and oxygen atoms in total. The van der Waals surface area contributed by atoms with Gasteiger partial charge < -0.3 is 34.5 Å². The van der Waals surface area contributed by atoms with Gasteiger partial charge in [0.1, 0.15) is 11.5 Å². The molecule has 4 rings (SSSR count). The van der Waals surface area contributed by atoms with Gasteiger partial charge in [-0.1, -0.05) is 0 Å². The van der Waals surface area contributed by atoms with Crippen molar-refractivity contribution < 1.29 is 28.5 Å². The van der Waals surface area contributed by atoms with E-state index in [9.17, 15) is 9.59 Å². The van der Waals surface area contributed by atoms with Crippen LogP contribution >= 0.6 is 0 Å². The molecule has 200 valence electrons. The van der Waals surface area contributed by atoms with Gasteiger partial charge in [-0.15, -0.1) is 0 Å². The number of methoxy groups -OCH3 is 3. The lowest BCUT2D eigenvalue weighted by Gasteiger charge is -2.38. The average Bonchev–Trinajstić information content (AvgIpc) is 2.95. The summed E-state index contributed by atoms with van der Waals surface area (Å²) in [7, 11) is 4.74. The Balaban J connectivity index is 1.58. The lowest BCUT2D eigenvalue weighted by atomic mass is 9.91. The van der Waals surface area contributed by atoms with Gasteiger partial charge in [0, 0.05) is 24.3 Å². The Morgan fingerprint density at radius 3 is 2.18 bits per heavy atom. The molecular weight excluding hydrogens is 486 g/mol. The molecule has 1 heterocycles. The number of amides is 3. The molecule has 0 saturated carbocycles. The van der Waals surface area contributed by atoms with Crippen molar-refractivity contribution >= 4 is 17.6 Å². The molecule has 0 aliphatic carbocycles. The highest BCUT2D eigenvalue weighted by molar-refractivity contribution is 5.94. The second-order valence-electron chi connectivity index (χ2n) is 8.69. The van der Waals surface area contributed by atoms with E-state index in [0.717, 1.165) is 16.9 Å². The molecule has 1 aliphatic rings. The molecule has 0 unspecified atom stereocenters. The van der Waals surface area contributed by atoms with E-state index in [0.29, 0.717) is 48.1 Å². The third-order valence-electron chi connectivity index (χ3n) is 6.49. The van der Waals surface area contributed by atoms with Crippen LogP contribution in [0.2, 0.25) is 0 Å². The Bertz CT molecular complexity index is 1260. The second kappa shape index (κ2) is 12.2. The monoisotopic (exact) mass is 519 g/mol. The standard InChI is InChI=1S/C29H33N3O6/c1-5-38-23-12-8-21(9-13-23)31-29(34)32-15-14-20-16-26(36-3)27(37-4)17-24(20)25(32)18-30-28(33)19-6-10-22(35-2)11-7-19/h6-13,16-17,25H,5,14-15,18H2,1-4H3,(H,30,33)(H,31,34)/t25-/m1/s1. The zero-order chi connectivity index (χ0) is 27.1. The summed E-state index contributed by atoms with van der Waals surface area (Å²) in [6.45, 7) is 3.16. The largest absolute Gasteiger partial charge is 0.497 e. The number of fused-ring (bicyclic) bond motifs is 1. The van der Waals surface area contributed by atoms with Crippen molar-refractivity contribution in [3.05, 3.63) is 77.4 Å². The lowest BCUT2D eigenvalue weighted by Crippen LogP contribution is -2.46. The molecule has 3 aromatic carbocycles. The molecule has 2 N–H and O–H groups in total. The Morgan fingerprint density at radius 1 is 0.895 bits per heavy atom. The predicted octanol–water partition coefficient (Wildman–Crippen LogP) is 4.67. The zero-order valence-electron chi connectivity index (χ0n) is 22.1. The summed E-state index contributed by atoms with van der Waals surface area (Å²) in [5, 5.41) is 5.97. The number of ether oxygens (including phenoxy) is 4. The number of carbonyl (C=O) groups is 2. The molecule has 0 fully saturated rings. The number of carbonyl (C=O) groups excluding carboxylic acids is 2. The second-order valence-corrected chi connectivity index (χ2v) is 8.69. The highest BCUT2D eigenvalue weighted by Gasteiger charge is 2.32. The molecule has 1 aliphatic heterocycles. The van der Waals surface area contributed by atoms with E-state index in [1.165, 1.54) is 0 Å². The Morgan fingerprint density at radius 2 is 1.55 bits per heavy atom. The van der Waals surface area contributed by atoms with Crippen molar-refractivity contribution in [1.29, 1.82) is 0 Å². The van der Waals surface area contributed by atoms with Crippen molar-refractivity contribution in [3.63, 3.8) is 0 Å². The first-order valence-electron chi connectivity index (χ1n) is 12.4. The Kier molecular flexibility index (Phi) is 8.58. The molecule has 0 aromatic heterocycles. The smallest absolute Gasteiger partial charge is 0.322 e. The van der Waals surface area contributed by atoms with E-state index in [4.69, 9.17) is 18.9 Å². The highest BCUT2D eigenvalue weighted by atomic mass is 16.5. The van der Waals surface area contributed by atoms with Crippen molar-refractivity contribution in [2.75, 3.05) is 46.3 Å². The number of hydrogen-bond donors (Lipinski definition) is 2. The summed E-state index contributed by atoms with van der Waals surface area (Å²) in [5.74, 6) is 2.34. The van der Waals surface area contributed by atoms with Gasteiger partial charge in [0.05, 0.1) is 34.0 Å². The molecule has 0 bridgehead atoms. The number of nitrogens with zero attached hydrogens (tertiary/aromatic N) is 1. The fraction of sp³-hybridized carbons (Fsp3) is 0.310. The van der Waals surface area contributed by atoms with Gasteiger partial charge >= 0.3 is 6.03 Å². The lowest BCUT2D eigenvalue weighted by molar-refractivity contribution is 0.0936. The molecule has 0 radical (unpaired) electrons. The molecule has 3 aromatic rings. The van der Waals surface area contributed by atoms with Crippen LogP contribution in [0.1, 0.15) is 34.5 Å². The van der Waals surface area contributed by atoms with Gasteiger partial charge in [0.2, 0.25) is 0 Å². The number of anilines is 1. The molecule has 1 atom stereocenters. The van der Waals surface area contributed by atoms with Gasteiger partial charge in [0.25, 0.3) is 5.91 Å². The molecule has 0 spiro atoms.